The number of aromatic nitrogens is 2. The first-order valence-corrected chi connectivity index (χ1v) is 8.43. The van der Waals surface area contributed by atoms with E-state index in [1.54, 1.807) is 31.4 Å². The van der Waals surface area contributed by atoms with Crippen LogP contribution in [0.1, 0.15) is 12.3 Å². The number of benzene rings is 2. The molecule has 0 aliphatic rings. The zero-order chi connectivity index (χ0) is 18.5. The highest BCUT2D eigenvalue weighted by Gasteiger charge is 2.13. The molecule has 1 aromatic heterocycles. The molecular weight excluding hydrogens is 379 g/mol. The molecule has 6 nitrogen and oxygen atoms in total. The predicted octanol–water partition coefficient (Wildman–Crippen LogP) is 4.59. The summed E-state index contributed by atoms with van der Waals surface area (Å²) in [5, 5.41) is 4.65. The van der Waals surface area contributed by atoms with Crippen molar-refractivity contribution in [1.29, 1.82) is 0 Å². The van der Waals surface area contributed by atoms with Crippen molar-refractivity contribution in [3.63, 3.8) is 0 Å². The van der Waals surface area contributed by atoms with E-state index in [2.05, 4.69) is 10.1 Å². The Morgan fingerprint density at radius 1 is 1.15 bits per heavy atom. The Balaban J connectivity index is 1.58. The Labute approximate surface area is 159 Å². The summed E-state index contributed by atoms with van der Waals surface area (Å²) in [5.74, 6) is 1.26. The summed E-state index contributed by atoms with van der Waals surface area (Å²) in [7, 11) is 1.59. The molecule has 26 heavy (non-hydrogen) atoms. The molecule has 0 N–H and O–H groups in total. The van der Waals surface area contributed by atoms with Crippen LogP contribution in [0, 0.1) is 0 Å². The number of carbonyl (C=O) groups excluding carboxylic acids is 1. The number of esters is 1. The van der Waals surface area contributed by atoms with Crippen LogP contribution in [0.4, 0.5) is 0 Å². The number of rotatable bonds is 6. The summed E-state index contributed by atoms with van der Waals surface area (Å²) < 4.78 is 15.5. The number of aryl methyl sites for hydroxylation is 1. The molecule has 0 aliphatic carbocycles. The number of carbonyl (C=O) groups is 1. The lowest BCUT2D eigenvalue weighted by Crippen LogP contribution is -2.09. The van der Waals surface area contributed by atoms with Gasteiger partial charge < -0.3 is 14.0 Å². The molecule has 0 atom stereocenters. The molecule has 0 unspecified atom stereocenters. The average molecular weight is 393 g/mol. The van der Waals surface area contributed by atoms with E-state index in [1.807, 2.05) is 12.1 Å². The molecular formula is C18H14Cl2N2O4. The van der Waals surface area contributed by atoms with E-state index in [-0.39, 0.29) is 18.6 Å². The van der Waals surface area contributed by atoms with E-state index < -0.39 is 5.97 Å². The van der Waals surface area contributed by atoms with Crippen molar-refractivity contribution in [2.24, 2.45) is 0 Å². The molecule has 3 aromatic rings. The van der Waals surface area contributed by atoms with Gasteiger partial charge in [0.05, 0.1) is 18.6 Å². The molecule has 1 heterocycles. The van der Waals surface area contributed by atoms with Crippen LogP contribution in [0.15, 0.2) is 47.0 Å². The molecule has 0 fully saturated rings. The van der Waals surface area contributed by atoms with Gasteiger partial charge in [-0.05, 0) is 36.4 Å². The summed E-state index contributed by atoms with van der Waals surface area (Å²) in [6.45, 7) is 0. The molecule has 0 bridgehead atoms. The zero-order valence-corrected chi connectivity index (χ0v) is 15.3. The van der Waals surface area contributed by atoms with Gasteiger partial charge in [-0.1, -0.05) is 28.4 Å². The van der Waals surface area contributed by atoms with Gasteiger partial charge >= 0.3 is 5.97 Å². The van der Waals surface area contributed by atoms with Crippen LogP contribution >= 0.6 is 23.2 Å². The Morgan fingerprint density at radius 3 is 2.65 bits per heavy atom. The van der Waals surface area contributed by atoms with Crippen LogP contribution in [0.25, 0.3) is 11.4 Å². The summed E-state index contributed by atoms with van der Waals surface area (Å²) in [6.07, 6.45) is 0.313. The van der Waals surface area contributed by atoms with Gasteiger partial charge in [0.2, 0.25) is 11.7 Å². The number of nitrogens with zero attached hydrogens (tertiary/aromatic N) is 2. The maximum atomic E-state index is 12.0. The SMILES string of the molecule is COc1ccc(-c2noc(CCC(=O)Oc3cc(Cl)ccc3Cl)n2)cc1. The fourth-order valence-electron chi connectivity index (χ4n) is 2.15. The zero-order valence-electron chi connectivity index (χ0n) is 13.7. The fraction of sp³-hybridized carbons (Fsp3) is 0.167. The molecule has 0 amide bonds. The van der Waals surface area contributed by atoms with Crippen molar-refractivity contribution in [2.45, 2.75) is 12.8 Å². The third kappa shape index (κ3) is 4.53. The first-order valence-electron chi connectivity index (χ1n) is 7.68. The minimum atomic E-state index is -0.474. The lowest BCUT2D eigenvalue weighted by molar-refractivity contribution is -0.134. The largest absolute Gasteiger partial charge is 0.497 e. The Kier molecular flexibility index (Phi) is 5.75. The molecule has 0 saturated carbocycles. The van der Waals surface area contributed by atoms with Gasteiger partial charge in [-0.3, -0.25) is 4.79 Å². The quantitative estimate of drug-likeness (QED) is 0.451. The summed E-state index contributed by atoms with van der Waals surface area (Å²) in [5.41, 5.74) is 0.786. The van der Waals surface area contributed by atoms with E-state index in [0.29, 0.717) is 21.8 Å². The minimum Gasteiger partial charge on any atom is -0.497 e. The lowest BCUT2D eigenvalue weighted by Gasteiger charge is -2.05. The number of methoxy groups -OCH3 is 1. The van der Waals surface area contributed by atoms with Gasteiger partial charge in [-0.2, -0.15) is 4.98 Å². The molecule has 3 rings (SSSR count). The summed E-state index contributed by atoms with van der Waals surface area (Å²) >= 11 is 11.8. The van der Waals surface area contributed by atoms with E-state index in [0.717, 1.165) is 11.3 Å². The van der Waals surface area contributed by atoms with Crippen LogP contribution < -0.4 is 9.47 Å². The first kappa shape index (κ1) is 18.2. The molecule has 134 valence electrons. The standard InChI is InChI=1S/C18H14Cl2N2O4/c1-24-13-5-2-11(3-6-13)18-21-16(26-22-18)8-9-17(23)25-15-10-12(19)4-7-14(15)20/h2-7,10H,8-9H2,1H3. The monoisotopic (exact) mass is 392 g/mol. The van der Waals surface area contributed by atoms with Crippen molar-refractivity contribution in [2.75, 3.05) is 7.11 Å². The third-order valence-electron chi connectivity index (χ3n) is 3.48. The van der Waals surface area contributed by atoms with Gasteiger partial charge in [-0.25, -0.2) is 0 Å². The number of halogens is 2. The Morgan fingerprint density at radius 2 is 1.92 bits per heavy atom. The van der Waals surface area contributed by atoms with Crippen LogP contribution in [0.2, 0.25) is 10.0 Å². The second-order valence-electron chi connectivity index (χ2n) is 5.29. The van der Waals surface area contributed by atoms with E-state index in [4.69, 9.17) is 37.2 Å². The summed E-state index contributed by atoms with van der Waals surface area (Å²) in [6, 6.07) is 11.9. The normalized spacial score (nSPS) is 10.6. The molecule has 0 saturated heterocycles. The Bertz CT molecular complexity index is 910. The predicted molar refractivity (Wildman–Crippen MR) is 96.7 cm³/mol. The Hall–Kier alpha value is -2.57. The van der Waals surface area contributed by atoms with Gasteiger partial charge in [0.1, 0.15) is 5.75 Å². The molecule has 0 aliphatic heterocycles. The van der Waals surface area contributed by atoms with Crippen LogP contribution in [0.3, 0.4) is 0 Å². The van der Waals surface area contributed by atoms with E-state index in [9.17, 15) is 4.79 Å². The highest BCUT2D eigenvalue weighted by Crippen LogP contribution is 2.28. The minimum absolute atomic E-state index is 0.0626. The van der Waals surface area contributed by atoms with Gasteiger partial charge in [0.15, 0.2) is 5.75 Å². The first-order chi connectivity index (χ1) is 12.5. The van der Waals surface area contributed by atoms with Crippen molar-refractivity contribution >= 4 is 29.2 Å². The second kappa shape index (κ2) is 8.21. The molecule has 0 radical (unpaired) electrons. The topological polar surface area (TPSA) is 74.5 Å². The highest BCUT2D eigenvalue weighted by molar-refractivity contribution is 6.34. The third-order valence-corrected chi connectivity index (χ3v) is 4.02. The molecule has 2 aromatic carbocycles. The van der Waals surface area contributed by atoms with Crippen molar-refractivity contribution in [3.05, 3.63) is 58.4 Å². The van der Waals surface area contributed by atoms with Crippen LogP contribution in [0.5, 0.6) is 11.5 Å². The number of ether oxygens (including phenoxy) is 2. The van der Waals surface area contributed by atoms with Crippen molar-refractivity contribution in [1.82, 2.24) is 10.1 Å². The smallest absolute Gasteiger partial charge is 0.311 e. The number of hydrogen-bond acceptors (Lipinski definition) is 6. The van der Waals surface area contributed by atoms with Crippen LogP contribution in [-0.4, -0.2) is 23.2 Å². The van der Waals surface area contributed by atoms with Crippen molar-refractivity contribution in [3.8, 4) is 22.9 Å². The van der Waals surface area contributed by atoms with Crippen molar-refractivity contribution < 1.29 is 18.8 Å². The summed E-state index contributed by atoms with van der Waals surface area (Å²) in [4.78, 5) is 16.2. The van der Waals surface area contributed by atoms with Crippen LogP contribution in [-0.2, 0) is 11.2 Å². The lowest BCUT2D eigenvalue weighted by atomic mass is 10.2. The fourth-order valence-corrected chi connectivity index (χ4v) is 2.47. The maximum absolute atomic E-state index is 12.0. The van der Waals surface area contributed by atoms with Gasteiger partial charge in [0.25, 0.3) is 0 Å². The maximum Gasteiger partial charge on any atom is 0.311 e. The highest BCUT2D eigenvalue weighted by atomic mass is 35.5. The second-order valence-corrected chi connectivity index (χ2v) is 6.13. The molecule has 8 heteroatoms. The molecule has 0 spiro atoms. The van der Waals surface area contributed by atoms with E-state index >= 15 is 0 Å². The number of hydrogen-bond donors (Lipinski definition) is 0. The average Bonchev–Trinajstić information content (AvgIpc) is 3.12. The van der Waals surface area contributed by atoms with Gasteiger partial charge in [0, 0.05) is 23.1 Å². The van der Waals surface area contributed by atoms with Gasteiger partial charge in [-0.15, -0.1) is 0 Å². The van der Waals surface area contributed by atoms with E-state index in [1.165, 1.54) is 6.07 Å².